The van der Waals surface area contributed by atoms with E-state index in [4.69, 9.17) is 18.1 Å². The molecule has 10 rings (SSSR count). The van der Waals surface area contributed by atoms with E-state index in [1.807, 2.05) is 24.3 Å². The van der Waals surface area contributed by atoms with Gasteiger partial charge in [0.15, 0.2) is 0 Å². The predicted octanol–water partition coefficient (Wildman–Crippen LogP) is 10.5. The molecule has 1 fully saturated rings. The van der Waals surface area contributed by atoms with Gasteiger partial charge in [-0.15, -0.1) is 0 Å². The summed E-state index contributed by atoms with van der Waals surface area (Å²) >= 11 is 0. The van der Waals surface area contributed by atoms with Gasteiger partial charge in [0.05, 0.1) is 22.2 Å². The standard InChI is InChI=1S/C42H32BNO4/c1-41(2)42(3,4)48-43(47-41)31-23-26(24-37-38(31)28-14-8-10-16-34(28)46-37)25-18-19-32-30(22-25)39-33(44(32)27-12-6-5-7-13-27)20-21-36-40(39)29-15-9-11-17-35(29)45-36/h5-24H,1-4H3. The Balaban J connectivity index is 1.27. The summed E-state index contributed by atoms with van der Waals surface area (Å²) in [6.45, 7) is 8.38. The van der Waals surface area contributed by atoms with E-state index in [1.54, 1.807) is 0 Å². The number of furan rings is 2. The first-order chi connectivity index (χ1) is 23.3. The summed E-state index contributed by atoms with van der Waals surface area (Å²) in [7, 11) is -0.542. The van der Waals surface area contributed by atoms with E-state index in [2.05, 4.69) is 129 Å². The minimum Gasteiger partial charge on any atom is -0.456 e. The molecule has 9 aromatic rings. The lowest BCUT2D eigenvalue weighted by Crippen LogP contribution is -2.41. The Kier molecular flexibility index (Phi) is 5.57. The van der Waals surface area contributed by atoms with Crippen molar-refractivity contribution in [1.82, 2.24) is 4.57 Å². The second kappa shape index (κ2) is 9.63. The van der Waals surface area contributed by atoms with Crippen LogP contribution in [0.1, 0.15) is 27.7 Å². The summed E-state index contributed by atoms with van der Waals surface area (Å²) < 4.78 is 28.5. The number of aromatic nitrogens is 1. The van der Waals surface area contributed by atoms with Gasteiger partial charge in [0.1, 0.15) is 22.3 Å². The van der Waals surface area contributed by atoms with Crippen LogP contribution in [0.5, 0.6) is 0 Å². The van der Waals surface area contributed by atoms with E-state index in [0.717, 1.165) is 82.6 Å². The smallest absolute Gasteiger partial charge is 0.456 e. The Bertz CT molecular complexity index is 2730. The molecule has 3 aromatic heterocycles. The lowest BCUT2D eigenvalue weighted by molar-refractivity contribution is 0.00578. The average molecular weight is 626 g/mol. The van der Waals surface area contributed by atoms with Crippen LogP contribution < -0.4 is 5.46 Å². The van der Waals surface area contributed by atoms with Crippen LogP contribution in [0.3, 0.4) is 0 Å². The summed E-state index contributed by atoms with van der Waals surface area (Å²) in [6, 6.07) is 42.5. The maximum absolute atomic E-state index is 6.65. The van der Waals surface area contributed by atoms with Gasteiger partial charge in [0, 0.05) is 38.0 Å². The van der Waals surface area contributed by atoms with Crippen LogP contribution in [-0.2, 0) is 9.31 Å². The summed E-state index contributed by atoms with van der Waals surface area (Å²) in [4.78, 5) is 0. The first-order valence-corrected chi connectivity index (χ1v) is 16.5. The normalized spacial score (nSPS) is 16.0. The molecule has 0 N–H and O–H groups in total. The zero-order valence-electron chi connectivity index (χ0n) is 27.2. The first-order valence-electron chi connectivity index (χ1n) is 16.5. The van der Waals surface area contributed by atoms with Crippen molar-refractivity contribution in [3.63, 3.8) is 0 Å². The fourth-order valence-electron chi connectivity index (χ4n) is 7.57. The number of hydrogen-bond donors (Lipinski definition) is 0. The summed E-state index contributed by atoms with van der Waals surface area (Å²) in [5.41, 5.74) is 8.96. The van der Waals surface area contributed by atoms with Crippen molar-refractivity contribution in [3.05, 3.63) is 121 Å². The molecule has 6 aromatic carbocycles. The minimum atomic E-state index is -0.542. The second-order valence-electron chi connectivity index (χ2n) is 14.0. The highest BCUT2D eigenvalue weighted by Gasteiger charge is 2.52. The van der Waals surface area contributed by atoms with E-state index >= 15 is 0 Å². The van der Waals surface area contributed by atoms with Crippen LogP contribution >= 0.6 is 0 Å². The van der Waals surface area contributed by atoms with Gasteiger partial charge in [0.25, 0.3) is 0 Å². The molecule has 1 aliphatic rings. The predicted molar refractivity (Wildman–Crippen MR) is 196 cm³/mol. The molecule has 1 saturated heterocycles. The highest BCUT2D eigenvalue weighted by atomic mass is 16.7. The molecule has 48 heavy (non-hydrogen) atoms. The van der Waals surface area contributed by atoms with E-state index in [1.165, 1.54) is 5.39 Å². The third kappa shape index (κ3) is 3.81. The number of benzene rings is 6. The van der Waals surface area contributed by atoms with Crippen LogP contribution in [0.15, 0.2) is 130 Å². The number of hydrogen-bond acceptors (Lipinski definition) is 4. The highest BCUT2D eigenvalue weighted by Crippen LogP contribution is 2.43. The Morgan fingerprint density at radius 1 is 0.479 bits per heavy atom. The SMILES string of the molecule is CC1(C)OB(c2cc(-c3ccc4c(c3)c3c5c(ccc3n4-c3ccccc3)oc3ccccc35)cc3oc4ccccc4c23)OC1(C)C. The van der Waals surface area contributed by atoms with Crippen molar-refractivity contribution in [1.29, 1.82) is 0 Å². The monoisotopic (exact) mass is 625 g/mol. The molecular formula is C42H32BNO4. The van der Waals surface area contributed by atoms with Crippen LogP contribution in [0.25, 0.3) is 82.5 Å². The van der Waals surface area contributed by atoms with Gasteiger partial charge < -0.3 is 22.7 Å². The van der Waals surface area contributed by atoms with E-state index in [0.29, 0.717) is 0 Å². The Morgan fingerprint density at radius 2 is 1.10 bits per heavy atom. The van der Waals surface area contributed by atoms with Crippen molar-refractivity contribution in [3.8, 4) is 16.8 Å². The second-order valence-corrected chi connectivity index (χ2v) is 14.0. The lowest BCUT2D eigenvalue weighted by atomic mass is 9.75. The number of fused-ring (bicyclic) bond motifs is 10. The van der Waals surface area contributed by atoms with Crippen LogP contribution in [0.4, 0.5) is 0 Å². The molecule has 0 spiro atoms. The lowest BCUT2D eigenvalue weighted by Gasteiger charge is -2.32. The van der Waals surface area contributed by atoms with Gasteiger partial charge in [-0.3, -0.25) is 0 Å². The summed E-state index contributed by atoms with van der Waals surface area (Å²) in [5.74, 6) is 0. The molecule has 6 heteroatoms. The van der Waals surface area contributed by atoms with Crippen LogP contribution in [-0.4, -0.2) is 22.9 Å². The van der Waals surface area contributed by atoms with Gasteiger partial charge >= 0.3 is 7.12 Å². The molecule has 0 aliphatic carbocycles. The van der Waals surface area contributed by atoms with Crippen molar-refractivity contribution >= 4 is 78.3 Å². The molecular weight excluding hydrogens is 593 g/mol. The fourth-order valence-corrected chi connectivity index (χ4v) is 7.57. The molecule has 232 valence electrons. The van der Waals surface area contributed by atoms with Gasteiger partial charge in [-0.05, 0) is 98.9 Å². The van der Waals surface area contributed by atoms with Gasteiger partial charge in [-0.1, -0.05) is 66.7 Å². The molecule has 0 radical (unpaired) electrons. The third-order valence-corrected chi connectivity index (χ3v) is 10.6. The van der Waals surface area contributed by atoms with Crippen LogP contribution in [0.2, 0.25) is 0 Å². The molecule has 0 amide bonds. The van der Waals surface area contributed by atoms with E-state index in [9.17, 15) is 0 Å². The maximum atomic E-state index is 6.65. The van der Waals surface area contributed by atoms with Gasteiger partial charge in [-0.25, -0.2) is 0 Å². The quantitative estimate of drug-likeness (QED) is 0.183. The summed E-state index contributed by atoms with van der Waals surface area (Å²) in [5, 5.41) is 6.66. The Hall–Kier alpha value is -5.30. The first kappa shape index (κ1) is 27.8. The third-order valence-electron chi connectivity index (χ3n) is 10.6. The molecule has 4 heterocycles. The van der Waals surface area contributed by atoms with Gasteiger partial charge in [-0.2, -0.15) is 0 Å². The number of rotatable bonds is 3. The Labute approximate surface area is 277 Å². The van der Waals surface area contributed by atoms with Crippen molar-refractivity contribution in [2.45, 2.75) is 38.9 Å². The fraction of sp³-hybridized carbons (Fsp3) is 0.143. The van der Waals surface area contributed by atoms with E-state index < -0.39 is 18.3 Å². The number of para-hydroxylation sites is 3. The van der Waals surface area contributed by atoms with Crippen molar-refractivity contribution in [2.24, 2.45) is 0 Å². The highest BCUT2D eigenvalue weighted by molar-refractivity contribution is 6.66. The topological polar surface area (TPSA) is 49.7 Å². The zero-order chi connectivity index (χ0) is 32.4. The van der Waals surface area contributed by atoms with E-state index in [-0.39, 0.29) is 0 Å². The van der Waals surface area contributed by atoms with Gasteiger partial charge in [0.2, 0.25) is 0 Å². The summed E-state index contributed by atoms with van der Waals surface area (Å²) in [6.07, 6.45) is 0. The molecule has 1 aliphatic heterocycles. The number of nitrogens with zero attached hydrogens (tertiary/aromatic N) is 1. The van der Waals surface area contributed by atoms with Crippen molar-refractivity contribution in [2.75, 3.05) is 0 Å². The molecule has 0 saturated carbocycles. The molecule has 0 bridgehead atoms. The Morgan fingerprint density at radius 3 is 1.83 bits per heavy atom. The van der Waals surface area contributed by atoms with Crippen molar-refractivity contribution < 1.29 is 18.1 Å². The molecule has 0 atom stereocenters. The zero-order valence-corrected chi connectivity index (χ0v) is 27.2. The van der Waals surface area contributed by atoms with Crippen LogP contribution in [0, 0.1) is 0 Å². The molecule has 0 unspecified atom stereocenters. The average Bonchev–Trinajstić information content (AvgIpc) is 3.81. The molecule has 5 nitrogen and oxygen atoms in total. The largest absolute Gasteiger partial charge is 0.495 e. The minimum absolute atomic E-state index is 0.476. The maximum Gasteiger partial charge on any atom is 0.495 e.